The molecule has 1 heterocycles. The fourth-order valence-corrected chi connectivity index (χ4v) is 4.93. The molecule has 0 radical (unpaired) electrons. The van der Waals surface area contributed by atoms with Crippen LogP contribution in [0.1, 0.15) is 61.4 Å². The predicted octanol–water partition coefficient (Wildman–Crippen LogP) is 4.52. The number of nitrogens with zero attached hydrogens (tertiary/aromatic N) is 1. The summed E-state index contributed by atoms with van der Waals surface area (Å²) < 4.78 is 0. The Morgan fingerprint density at radius 1 is 1.07 bits per heavy atom. The van der Waals surface area contributed by atoms with Gasteiger partial charge >= 0.3 is 0 Å². The van der Waals surface area contributed by atoms with Gasteiger partial charge in [0.1, 0.15) is 0 Å². The van der Waals surface area contributed by atoms with Crippen molar-refractivity contribution in [2.45, 2.75) is 51.0 Å². The molecule has 1 aliphatic carbocycles. The normalized spacial score (nSPS) is 20.5. The summed E-state index contributed by atoms with van der Waals surface area (Å²) in [6.45, 7) is 4.84. The number of carbonyl (C=O) groups excluding carboxylic acids is 2. The van der Waals surface area contributed by atoms with Crippen molar-refractivity contribution >= 4 is 17.5 Å². The van der Waals surface area contributed by atoms with E-state index in [1.165, 1.54) is 0 Å². The molecule has 0 saturated heterocycles. The van der Waals surface area contributed by atoms with Gasteiger partial charge in [-0.15, -0.1) is 0 Å². The fourth-order valence-electron chi connectivity index (χ4n) is 4.93. The Labute approximate surface area is 166 Å². The topological polar surface area (TPSA) is 49.4 Å². The first-order chi connectivity index (χ1) is 13.5. The summed E-state index contributed by atoms with van der Waals surface area (Å²) in [6.07, 6.45) is 3.77. The molecule has 2 aromatic rings. The van der Waals surface area contributed by atoms with Gasteiger partial charge in [-0.1, -0.05) is 63.1 Å². The monoisotopic (exact) mass is 376 g/mol. The highest BCUT2D eigenvalue weighted by Gasteiger charge is 2.56. The Morgan fingerprint density at radius 3 is 2.39 bits per heavy atom. The van der Waals surface area contributed by atoms with Crippen molar-refractivity contribution in [1.29, 1.82) is 0 Å². The Morgan fingerprint density at radius 2 is 1.71 bits per heavy atom. The van der Waals surface area contributed by atoms with E-state index >= 15 is 0 Å². The third-order valence-corrected chi connectivity index (χ3v) is 6.12. The first-order valence-electron chi connectivity index (χ1n) is 10.3. The van der Waals surface area contributed by atoms with Crippen LogP contribution in [0.15, 0.2) is 54.6 Å². The van der Waals surface area contributed by atoms with Crippen LogP contribution in [0.4, 0.5) is 5.69 Å². The van der Waals surface area contributed by atoms with E-state index in [9.17, 15) is 9.59 Å². The second kappa shape index (κ2) is 7.42. The van der Waals surface area contributed by atoms with E-state index < -0.39 is 5.54 Å². The molecule has 2 aliphatic rings. The minimum atomic E-state index is -0.492. The number of fused-ring (bicyclic) bond motifs is 1. The van der Waals surface area contributed by atoms with Gasteiger partial charge in [0.05, 0.1) is 11.5 Å². The number of hydrogen-bond donors (Lipinski definition) is 1. The molecular weight excluding hydrogens is 348 g/mol. The van der Waals surface area contributed by atoms with Crippen molar-refractivity contribution in [2.75, 3.05) is 11.4 Å². The molecule has 0 aromatic heterocycles. The third-order valence-electron chi connectivity index (χ3n) is 6.12. The van der Waals surface area contributed by atoms with Gasteiger partial charge in [0, 0.05) is 17.8 Å². The van der Waals surface area contributed by atoms with Gasteiger partial charge in [-0.2, -0.15) is 0 Å². The molecule has 146 valence electrons. The number of anilines is 1. The number of carbonyl (C=O) groups is 2. The van der Waals surface area contributed by atoms with E-state index in [1.54, 1.807) is 0 Å². The lowest BCUT2D eigenvalue weighted by molar-refractivity contribution is -0.124. The molecule has 1 unspecified atom stereocenters. The van der Waals surface area contributed by atoms with Crippen LogP contribution in [0.2, 0.25) is 0 Å². The summed E-state index contributed by atoms with van der Waals surface area (Å²) in [6, 6.07) is 17.5. The Hall–Kier alpha value is -2.62. The molecule has 4 rings (SSSR count). The highest BCUT2D eigenvalue weighted by atomic mass is 16.2. The van der Waals surface area contributed by atoms with Crippen LogP contribution in [0.25, 0.3) is 0 Å². The Balaban J connectivity index is 1.88. The fraction of sp³-hybridized carbons (Fsp3) is 0.417. The largest absolute Gasteiger partial charge is 0.355 e. The van der Waals surface area contributed by atoms with Gasteiger partial charge < -0.3 is 10.2 Å². The van der Waals surface area contributed by atoms with E-state index in [2.05, 4.69) is 19.2 Å². The zero-order chi connectivity index (χ0) is 19.7. The number of para-hydroxylation sites is 1. The highest BCUT2D eigenvalue weighted by molar-refractivity contribution is 6.12. The second-order valence-corrected chi connectivity index (χ2v) is 8.45. The van der Waals surface area contributed by atoms with Crippen molar-refractivity contribution in [3.05, 3.63) is 65.7 Å². The van der Waals surface area contributed by atoms with Crippen molar-refractivity contribution in [1.82, 2.24) is 5.32 Å². The quantitative estimate of drug-likeness (QED) is 0.853. The molecule has 1 spiro atoms. The van der Waals surface area contributed by atoms with Gasteiger partial charge in [0.15, 0.2) is 0 Å². The second-order valence-electron chi connectivity index (χ2n) is 8.45. The maximum Gasteiger partial charge on any atom is 0.259 e. The standard InChI is InChI=1S/C24H28N2O2/c1-17(2)16-25-22(27)21-19-12-6-7-13-20(19)23(28)26(18-10-4-3-5-11-18)24(21)14-8-9-15-24/h3-7,10-13,17,21H,8-9,14-16H2,1-2H3,(H,25,27). The number of benzene rings is 2. The SMILES string of the molecule is CC(C)CNC(=O)C1c2ccccc2C(=O)N(c2ccccc2)C12CCCC2. The van der Waals surface area contributed by atoms with Crippen molar-refractivity contribution in [3.63, 3.8) is 0 Å². The van der Waals surface area contributed by atoms with E-state index in [0.29, 0.717) is 18.0 Å². The first-order valence-corrected chi connectivity index (χ1v) is 10.3. The van der Waals surface area contributed by atoms with Gasteiger partial charge in [-0.05, 0) is 42.5 Å². The molecule has 4 nitrogen and oxygen atoms in total. The van der Waals surface area contributed by atoms with Crippen LogP contribution in [0.3, 0.4) is 0 Å². The average molecular weight is 377 g/mol. The van der Waals surface area contributed by atoms with E-state index in [4.69, 9.17) is 0 Å². The molecule has 1 fully saturated rings. The van der Waals surface area contributed by atoms with Gasteiger partial charge in [-0.3, -0.25) is 9.59 Å². The van der Waals surface area contributed by atoms with E-state index in [1.807, 2.05) is 59.5 Å². The van der Waals surface area contributed by atoms with Crippen LogP contribution in [-0.4, -0.2) is 23.9 Å². The van der Waals surface area contributed by atoms with Crippen LogP contribution in [0, 0.1) is 5.92 Å². The van der Waals surface area contributed by atoms with Crippen LogP contribution in [-0.2, 0) is 4.79 Å². The minimum Gasteiger partial charge on any atom is -0.355 e. The zero-order valence-corrected chi connectivity index (χ0v) is 16.7. The first kappa shape index (κ1) is 18.7. The highest BCUT2D eigenvalue weighted by Crippen LogP contribution is 2.51. The van der Waals surface area contributed by atoms with Crippen LogP contribution >= 0.6 is 0 Å². The molecule has 4 heteroatoms. The maximum atomic E-state index is 13.6. The van der Waals surface area contributed by atoms with Crippen molar-refractivity contribution < 1.29 is 9.59 Å². The van der Waals surface area contributed by atoms with Crippen LogP contribution < -0.4 is 10.2 Å². The van der Waals surface area contributed by atoms with Crippen LogP contribution in [0.5, 0.6) is 0 Å². The predicted molar refractivity (Wildman–Crippen MR) is 111 cm³/mol. The summed E-state index contributed by atoms with van der Waals surface area (Å²) in [4.78, 5) is 29.0. The maximum absolute atomic E-state index is 13.6. The lowest BCUT2D eigenvalue weighted by Crippen LogP contribution is -2.61. The number of hydrogen-bond acceptors (Lipinski definition) is 2. The molecule has 1 N–H and O–H groups in total. The molecular formula is C24H28N2O2. The summed E-state index contributed by atoms with van der Waals surface area (Å²) >= 11 is 0. The molecule has 28 heavy (non-hydrogen) atoms. The van der Waals surface area contributed by atoms with E-state index in [0.717, 1.165) is 36.9 Å². The summed E-state index contributed by atoms with van der Waals surface area (Å²) in [7, 11) is 0. The smallest absolute Gasteiger partial charge is 0.259 e. The Bertz CT molecular complexity index is 869. The average Bonchev–Trinajstić information content (AvgIpc) is 3.17. The molecule has 0 bridgehead atoms. The van der Waals surface area contributed by atoms with E-state index in [-0.39, 0.29) is 17.7 Å². The lowest BCUT2D eigenvalue weighted by atomic mass is 9.70. The third kappa shape index (κ3) is 3.01. The van der Waals surface area contributed by atoms with Crippen molar-refractivity contribution in [2.24, 2.45) is 5.92 Å². The number of amides is 2. The summed E-state index contributed by atoms with van der Waals surface area (Å²) in [5.41, 5.74) is 1.91. The van der Waals surface area contributed by atoms with Gasteiger partial charge in [0.2, 0.25) is 5.91 Å². The summed E-state index contributed by atoms with van der Waals surface area (Å²) in [5, 5.41) is 3.15. The van der Waals surface area contributed by atoms with Crippen molar-refractivity contribution in [3.8, 4) is 0 Å². The van der Waals surface area contributed by atoms with Gasteiger partial charge in [-0.25, -0.2) is 0 Å². The lowest BCUT2D eigenvalue weighted by Gasteiger charge is -2.50. The number of rotatable bonds is 4. The molecule has 1 aliphatic heterocycles. The number of nitrogens with one attached hydrogen (secondary N) is 1. The molecule has 1 atom stereocenters. The molecule has 2 amide bonds. The Kier molecular flexibility index (Phi) is 4.96. The zero-order valence-electron chi connectivity index (χ0n) is 16.7. The summed E-state index contributed by atoms with van der Waals surface area (Å²) in [5.74, 6) is 0.0881. The molecule has 2 aromatic carbocycles. The molecule has 1 saturated carbocycles. The minimum absolute atomic E-state index is 0.0107. The van der Waals surface area contributed by atoms with Gasteiger partial charge in [0.25, 0.3) is 5.91 Å².